The van der Waals surface area contributed by atoms with Gasteiger partial charge in [0.25, 0.3) is 0 Å². The summed E-state index contributed by atoms with van der Waals surface area (Å²) >= 11 is 0. The van der Waals surface area contributed by atoms with E-state index in [9.17, 15) is 28.8 Å². The van der Waals surface area contributed by atoms with Crippen molar-refractivity contribution in [2.75, 3.05) is 13.1 Å². The van der Waals surface area contributed by atoms with E-state index in [1.807, 2.05) is 13.8 Å². The highest BCUT2D eigenvalue weighted by atomic mass is 16.4. The van der Waals surface area contributed by atoms with E-state index in [2.05, 4.69) is 21.3 Å². The third-order valence-electron chi connectivity index (χ3n) is 3.95. The quantitative estimate of drug-likeness (QED) is 0.150. The van der Waals surface area contributed by atoms with Crippen molar-refractivity contribution >= 4 is 35.6 Å². The van der Waals surface area contributed by atoms with Crippen LogP contribution in [0.5, 0.6) is 0 Å². The van der Waals surface area contributed by atoms with Gasteiger partial charge in [0.05, 0.1) is 12.6 Å². The molecule has 0 radical (unpaired) electrons. The maximum atomic E-state index is 12.5. The van der Waals surface area contributed by atoms with E-state index >= 15 is 0 Å². The summed E-state index contributed by atoms with van der Waals surface area (Å²) < 4.78 is 0. The molecule has 4 amide bonds. The van der Waals surface area contributed by atoms with Gasteiger partial charge in [0.2, 0.25) is 23.6 Å². The lowest BCUT2D eigenvalue weighted by atomic mass is 10.0. The van der Waals surface area contributed by atoms with Gasteiger partial charge in [0, 0.05) is 6.42 Å². The van der Waals surface area contributed by atoms with Crippen LogP contribution in [0.1, 0.15) is 40.0 Å². The van der Waals surface area contributed by atoms with Gasteiger partial charge in [0.1, 0.15) is 18.6 Å². The Labute approximate surface area is 179 Å². The fourth-order valence-corrected chi connectivity index (χ4v) is 2.37. The summed E-state index contributed by atoms with van der Waals surface area (Å²) in [6, 6.07) is -3.23. The molecule has 0 aliphatic heterocycles. The Hall–Kier alpha value is -3.22. The van der Waals surface area contributed by atoms with E-state index < -0.39 is 73.2 Å². The molecule has 0 aromatic heterocycles. The lowest BCUT2D eigenvalue weighted by molar-refractivity contribution is -0.139. The number of carboxylic acids is 2. The van der Waals surface area contributed by atoms with E-state index in [1.54, 1.807) is 0 Å². The highest BCUT2D eigenvalue weighted by Gasteiger charge is 2.27. The summed E-state index contributed by atoms with van der Waals surface area (Å²) in [4.78, 5) is 69.4. The van der Waals surface area contributed by atoms with Crippen LogP contribution in [-0.2, 0) is 28.8 Å². The number of carbonyl (C=O) groups is 6. The summed E-state index contributed by atoms with van der Waals surface area (Å²) in [5.41, 5.74) is 5.78. The molecular weight excluding hydrogens is 414 g/mol. The molecule has 8 N–H and O–H groups in total. The Morgan fingerprint density at radius 1 is 0.806 bits per heavy atom. The predicted octanol–water partition coefficient (Wildman–Crippen LogP) is -2.47. The smallest absolute Gasteiger partial charge is 0.322 e. The number of rotatable bonds is 14. The summed E-state index contributed by atoms with van der Waals surface area (Å²) in [6.07, 6.45) is -0.253. The molecule has 0 bridgehead atoms. The zero-order valence-electron chi connectivity index (χ0n) is 17.8. The normalized spacial score (nSPS) is 13.5. The van der Waals surface area contributed by atoms with Gasteiger partial charge in [-0.15, -0.1) is 0 Å². The highest BCUT2D eigenvalue weighted by Crippen LogP contribution is 2.05. The van der Waals surface area contributed by atoms with Gasteiger partial charge in [-0.2, -0.15) is 0 Å². The minimum Gasteiger partial charge on any atom is -0.481 e. The summed E-state index contributed by atoms with van der Waals surface area (Å²) in [6.45, 7) is 3.94. The molecule has 0 rings (SSSR count). The van der Waals surface area contributed by atoms with Crippen molar-refractivity contribution in [2.24, 2.45) is 11.7 Å². The molecular formula is C18H31N5O8. The Bertz CT molecular complexity index is 682. The van der Waals surface area contributed by atoms with Gasteiger partial charge in [0.15, 0.2) is 0 Å². The Morgan fingerprint density at radius 3 is 1.94 bits per heavy atom. The Morgan fingerprint density at radius 2 is 1.42 bits per heavy atom. The number of carboxylic acid groups (broad SMARTS) is 2. The fourth-order valence-electron chi connectivity index (χ4n) is 2.37. The molecule has 0 fully saturated rings. The standard InChI is InChI=1S/C18H31N5O8/c1-9(2)6-11(19)17(30)23-12(4-5-14(25)26)18(31)22-10(3)16(29)21-7-13(24)20-8-15(27)28/h9-12H,4-8,19H2,1-3H3,(H,20,24)(H,21,29)(H,22,31)(H,23,30)(H,25,26)(H,27,28)/t10-,11-,12-/m0/s1. The Kier molecular flexibility index (Phi) is 12.5. The first-order chi connectivity index (χ1) is 14.3. The monoisotopic (exact) mass is 445 g/mol. The lowest BCUT2D eigenvalue weighted by Gasteiger charge is -2.22. The van der Waals surface area contributed by atoms with Crippen LogP contribution in [0, 0.1) is 5.92 Å². The number of nitrogens with two attached hydrogens (primary N) is 1. The number of amides is 4. The molecule has 0 unspecified atom stereocenters. The van der Waals surface area contributed by atoms with Crippen LogP contribution in [0.2, 0.25) is 0 Å². The minimum atomic E-state index is -1.25. The molecule has 176 valence electrons. The fraction of sp³-hybridized carbons (Fsp3) is 0.667. The van der Waals surface area contributed by atoms with Crippen molar-refractivity contribution in [3.05, 3.63) is 0 Å². The second-order valence-corrected chi connectivity index (χ2v) is 7.35. The lowest BCUT2D eigenvalue weighted by Crippen LogP contribution is -2.55. The molecule has 0 aromatic carbocycles. The minimum absolute atomic E-state index is 0.128. The number of nitrogens with one attached hydrogen (secondary N) is 4. The first kappa shape index (κ1) is 27.8. The zero-order chi connectivity index (χ0) is 24.1. The van der Waals surface area contributed by atoms with Crippen molar-refractivity contribution in [1.82, 2.24) is 21.3 Å². The predicted molar refractivity (Wildman–Crippen MR) is 107 cm³/mol. The van der Waals surface area contributed by atoms with Crippen LogP contribution in [0.4, 0.5) is 0 Å². The third kappa shape index (κ3) is 12.8. The van der Waals surface area contributed by atoms with Crippen LogP contribution < -0.4 is 27.0 Å². The van der Waals surface area contributed by atoms with Gasteiger partial charge >= 0.3 is 11.9 Å². The van der Waals surface area contributed by atoms with Crippen molar-refractivity contribution in [3.63, 3.8) is 0 Å². The molecule has 0 aromatic rings. The first-order valence-corrected chi connectivity index (χ1v) is 9.67. The van der Waals surface area contributed by atoms with E-state index in [4.69, 9.17) is 15.9 Å². The molecule has 13 nitrogen and oxygen atoms in total. The highest BCUT2D eigenvalue weighted by molar-refractivity contribution is 5.94. The van der Waals surface area contributed by atoms with Gasteiger partial charge in [-0.25, -0.2) is 0 Å². The van der Waals surface area contributed by atoms with Gasteiger partial charge < -0.3 is 37.2 Å². The largest absolute Gasteiger partial charge is 0.481 e. The van der Waals surface area contributed by atoms with Crippen LogP contribution in [0.25, 0.3) is 0 Å². The number of carbonyl (C=O) groups excluding carboxylic acids is 4. The van der Waals surface area contributed by atoms with Crippen LogP contribution in [0.3, 0.4) is 0 Å². The third-order valence-corrected chi connectivity index (χ3v) is 3.95. The second kappa shape index (κ2) is 13.9. The Balaban J connectivity index is 4.85. The van der Waals surface area contributed by atoms with E-state index in [-0.39, 0.29) is 12.3 Å². The number of aliphatic carboxylic acids is 2. The molecule has 0 saturated carbocycles. The maximum Gasteiger partial charge on any atom is 0.322 e. The van der Waals surface area contributed by atoms with Gasteiger partial charge in [-0.05, 0) is 25.7 Å². The summed E-state index contributed by atoms with van der Waals surface area (Å²) in [5, 5.41) is 26.4. The van der Waals surface area contributed by atoms with E-state index in [0.29, 0.717) is 6.42 Å². The second-order valence-electron chi connectivity index (χ2n) is 7.35. The maximum absolute atomic E-state index is 12.5. The van der Waals surface area contributed by atoms with Crippen LogP contribution in [-0.4, -0.2) is 77.0 Å². The molecule has 0 aliphatic rings. The topological polar surface area (TPSA) is 217 Å². The van der Waals surface area contributed by atoms with Crippen molar-refractivity contribution in [3.8, 4) is 0 Å². The van der Waals surface area contributed by atoms with Gasteiger partial charge in [-0.3, -0.25) is 28.8 Å². The average molecular weight is 445 g/mol. The summed E-state index contributed by atoms with van der Waals surface area (Å²) in [7, 11) is 0. The number of hydrogen-bond acceptors (Lipinski definition) is 7. The van der Waals surface area contributed by atoms with Gasteiger partial charge in [-0.1, -0.05) is 13.8 Å². The molecule has 0 aliphatic carbocycles. The van der Waals surface area contributed by atoms with Crippen molar-refractivity contribution in [2.45, 2.75) is 58.2 Å². The molecule has 0 spiro atoms. The van der Waals surface area contributed by atoms with Crippen LogP contribution >= 0.6 is 0 Å². The van der Waals surface area contributed by atoms with Crippen LogP contribution in [0.15, 0.2) is 0 Å². The first-order valence-electron chi connectivity index (χ1n) is 9.67. The molecule has 0 heterocycles. The van der Waals surface area contributed by atoms with Crippen molar-refractivity contribution in [1.29, 1.82) is 0 Å². The van der Waals surface area contributed by atoms with Crippen molar-refractivity contribution < 1.29 is 39.0 Å². The average Bonchev–Trinajstić information content (AvgIpc) is 2.66. The zero-order valence-corrected chi connectivity index (χ0v) is 17.8. The summed E-state index contributed by atoms with van der Waals surface area (Å²) in [5.74, 6) is -5.17. The molecule has 13 heteroatoms. The number of hydrogen-bond donors (Lipinski definition) is 7. The molecule has 31 heavy (non-hydrogen) atoms. The molecule has 0 saturated heterocycles. The SMILES string of the molecule is CC(C)C[C@H](N)C(=O)N[C@@H](CCC(=O)O)C(=O)N[C@@H](C)C(=O)NCC(=O)NCC(=O)O. The molecule has 3 atom stereocenters. The van der Waals surface area contributed by atoms with E-state index in [1.165, 1.54) is 6.92 Å². The van der Waals surface area contributed by atoms with E-state index in [0.717, 1.165) is 0 Å².